The van der Waals surface area contributed by atoms with Gasteiger partial charge in [-0.25, -0.2) is 4.79 Å². The van der Waals surface area contributed by atoms with E-state index in [1.54, 1.807) is 12.2 Å². The van der Waals surface area contributed by atoms with Crippen LogP contribution in [0.1, 0.15) is 12.8 Å². The number of hydrogen-bond donors (Lipinski definition) is 0. The minimum absolute atomic E-state index is 0.353. The highest BCUT2D eigenvalue weighted by molar-refractivity contribution is 7.95. The summed E-state index contributed by atoms with van der Waals surface area (Å²) in [7, 11) is 0. The molecule has 3 heteroatoms. The zero-order valence-electron chi connectivity index (χ0n) is 7.62. The molecule has 2 nitrogen and oxygen atoms in total. The highest BCUT2D eigenvalue weighted by atomic mass is 32.2. The SMILES string of the molecule is C=CCCC(=C)C(=O)OSCC=C. The standard InChI is InChI=1S/C10H14O2S/c1-4-6-7-9(3)10(11)12-13-8-5-2/h4-5H,1-3,6-8H2. The maximum atomic E-state index is 11.1. The molecule has 0 atom stereocenters. The minimum atomic E-state index is -0.353. The van der Waals surface area contributed by atoms with Crippen LogP contribution >= 0.6 is 12.0 Å². The fourth-order valence-electron chi connectivity index (χ4n) is 0.573. The Balaban J connectivity index is 3.62. The van der Waals surface area contributed by atoms with E-state index in [9.17, 15) is 4.79 Å². The normalized spacial score (nSPS) is 8.92. The van der Waals surface area contributed by atoms with Gasteiger partial charge in [0.05, 0.1) is 12.0 Å². The molecule has 0 saturated carbocycles. The molecule has 72 valence electrons. The van der Waals surface area contributed by atoms with Gasteiger partial charge in [-0.15, -0.1) is 13.2 Å². The van der Waals surface area contributed by atoms with Gasteiger partial charge in [0.2, 0.25) is 0 Å². The summed E-state index contributed by atoms with van der Waals surface area (Å²) in [6, 6.07) is 0. The van der Waals surface area contributed by atoms with E-state index in [1.807, 2.05) is 0 Å². The van der Waals surface area contributed by atoms with Gasteiger partial charge in [-0.1, -0.05) is 18.7 Å². The van der Waals surface area contributed by atoms with Gasteiger partial charge in [0.15, 0.2) is 0 Å². The summed E-state index contributed by atoms with van der Waals surface area (Å²) in [5, 5.41) is 0. The van der Waals surface area contributed by atoms with Crippen LogP contribution in [0.15, 0.2) is 37.5 Å². The molecule has 0 aromatic carbocycles. The first kappa shape index (κ1) is 12.0. The topological polar surface area (TPSA) is 26.3 Å². The molecule has 0 unspecified atom stereocenters. The fourth-order valence-corrected chi connectivity index (χ4v) is 0.962. The lowest BCUT2D eigenvalue weighted by Crippen LogP contribution is -2.02. The molecular weight excluding hydrogens is 184 g/mol. The largest absolute Gasteiger partial charge is 0.388 e. The highest BCUT2D eigenvalue weighted by Gasteiger charge is 2.07. The Morgan fingerprint density at radius 2 is 2.08 bits per heavy atom. The van der Waals surface area contributed by atoms with E-state index in [2.05, 4.69) is 19.7 Å². The molecule has 0 aliphatic rings. The Bertz CT molecular complexity index is 209. The average molecular weight is 198 g/mol. The Morgan fingerprint density at radius 1 is 1.38 bits per heavy atom. The van der Waals surface area contributed by atoms with Crippen LogP contribution in [0.4, 0.5) is 0 Å². The average Bonchev–Trinajstić information content (AvgIpc) is 2.14. The number of rotatable bonds is 7. The van der Waals surface area contributed by atoms with Crippen LogP contribution in [0, 0.1) is 0 Å². The molecule has 0 aromatic heterocycles. The number of hydrogen-bond acceptors (Lipinski definition) is 3. The Morgan fingerprint density at radius 3 is 2.62 bits per heavy atom. The van der Waals surface area contributed by atoms with Crippen LogP contribution < -0.4 is 0 Å². The molecule has 13 heavy (non-hydrogen) atoms. The van der Waals surface area contributed by atoms with E-state index in [-0.39, 0.29) is 5.97 Å². The summed E-state index contributed by atoms with van der Waals surface area (Å²) in [6.07, 6.45) is 4.77. The van der Waals surface area contributed by atoms with E-state index in [4.69, 9.17) is 4.18 Å². The van der Waals surface area contributed by atoms with Crippen molar-refractivity contribution in [1.82, 2.24) is 0 Å². The lowest BCUT2D eigenvalue weighted by atomic mass is 10.2. The predicted octanol–water partition coefficient (Wildman–Crippen LogP) is 2.89. The maximum Gasteiger partial charge on any atom is 0.345 e. The van der Waals surface area contributed by atoms with E-state index in [0.29, 0.717) is 17.7 Å². The molecule has 0 aromatic rings. The van der Waals surface area contributed by atoms with E-state index >= 15 is 0 Å². The van der Waals surface area contributed by atoms with Crippen molar-refractivity contribution in [2.45, 2.75) is 12.8 Å². The van der Waals surface area contributed by atoms with Crippen LogP contribution in [0.3, 0.4) is 0 Å². The summed E-state index contributed by atoms with van der Waals surface area (Å²) >= 11 is 1.07. The molecule has 0 rings (SSSR count). The van der Waals surface area contributed by atoms with Crippen molar-refractivity contribution in [3.8, 4) is 0 Å². The molecule has 0 spiro atoms. The van der Waals surface area contributed by atoms with Gasteiger partial charge < -0.3 is 4.18 Å². The molecule has 0 heterocycles. The molecule has 0 saturated heterocycles. The summed E-state index contributed by atoms with van der Waals surface area (Å²) in [5.41, 5.74) is 0.483. The molecule has 0 aliphatic heterocycles. The van der Waals surface area contributed by atoms with Crippen molar-refractivity contribution in [3.63, 3.8) is 0 Å². The highest BCUT2D eigenvalue weighted by Crippen LogP contribution is 2.10. The van der Waals surface area contributed by atoms with E-state index in [1.165, 1.54) is 0 Å². The van der Waals surface area contributed by atoms with Crippen molar-refractivity contribution in [2.24, 2.45) is 0 Å². The smallest absolute Gasteiger partial charge is 0.345 e. The second-order valence-corrected chi connectivity index (χ2v) is 3.11. The Hall–Kier alpha value is -0.960. The van der Waals surface area contributed by atoms with Crippen molar-refractivity contribution in [1.29, 1.82) is 0 Å². The first-order valence-electron chi connectivity index (χ1n) is 3.95. The number of allylic oxidation sites excluding steroid dienone is 1. The van der Waals surface area contributed by atoms with Gasteiger partial charge in [-0.3, -0.25) is 0 Å². The van der Waals surface area contributed by atoms with Crippen LogP contribution in [0.2, 0.25) is 0 Å². The molecule has 0 amide bonds. The summed E-state index contributed by atoms with van der Waals surface area (Å²) in [5.74, 6) is 0.245. The van der Waals surface area contributed by atoms with Gasteiger partial charge >= 0.3 is 5.97 Å². The van der Waals surface area contributed by atoms with Crippen molar-refractivity contribution >= 4 is 18.0 Å². The third-order valence-electron chi connectivity index (χ3n) is 1.26. The Labute approximate surface area is 83.6 Å². The lowest BCUT2D eigenvalue weighted by molar-refractivity contribution is -0.128. The van der Waals surface area contributed by atoms with Crippen molar-refractivity contribution in [2.75, 3.05) is 5.75 Å². The Kier molecular flexibility index (Phi) is 7.11. The molecule has 0 bridgehead atoms. The quantitative estimate of drug-likeness (QED) is 0.272. The van der Waals surface area contributed by atoms with E-state index in [0.717, 1.165) is 18.5 Å². The summed E-state index contributed by atoms with van der Waals surface area (Å²) in [4.78, 5) is 11.1. The van der Waals surface area contributed by atoms with Gasteiger partial charge in [0, 0.05) is 11.3 Å². The summed E-state index contributed by atoms with van der Waals surface area (Å²) < 4.78 is 4.81. The van der Waals surface area contributed by atoms with Crippen molar-refractivity contribution in [3.05, 3.63) is 37.5 Å². The van der Waals surface area contributed by atoms with Crippen LogP contribution in [0.5, 0.6) is 0 Å². The molecular formula is C10H14O2S. The van der Waals surface area contributed by atoms with Gasteiger partial charge in [-0.05, 0) is 12.8 Å². The lowest BCUT2D eigenvalue weighted by Gasteiger charge is -2.02. The van der Waals surface area contributed by atoms with Crippen molar-refractivity contribution < 1.29 is 8.98 Å². The third kappa shape index (κ3) is 6.22. The van der Waals surface area contributed by atoms with Gasteiger partial charge in [-0.2, -0.15) is 0 Å². The molecule has 0 aliphatic carbocycles. The molecule has 0 N–H and O–H groups in total. The van der Waals surface area contributed by atoms with Crippen LogP contribution in [-0.4, -0.2) is 11.7 Å². The fraction of sp³-hybridized carbons (Fsp3) is 0.300. The minimum Gasteiger partial charge on any atom is -0.388 e. The van der Waals surface area contributed by atoms with Crippen LogP contribution in [0.25, 0.3) is 0 Å². The third-order valence-corrected chi connectivity index (χ3v) is 1.90. The van der Waals surface area contributed by atoms with Gasteiger partial charge in [0.25, 0.3) is 0 Å². The maximum absolute atomic E-state index is 11.1. The second kappa shape index (κ2) is 7.68. The first-order valence-corrected chi connectivity index (χ1v) is 4.86. The van der Waals surface area contributed by atoms with Crippen LogP contribution in [-0.2, 0) is 8.98 Å². The first-order chi connectivity index (χ1) is 6.22. The number of carbonyl (C=O) groups is 1. The molecule has 0 radical (unpaired) electrons. The molecule has 0 fully saturated rings. The monoisotopic (exact) mass is 198 g/mol. The van der Waals surface area contributed by atoms with E-state index < -0.39 is 0 Å². The predicted molar refractivity (Wildman–Crippen MR) is 57.3 cm³/mol. The zero-order chi connectivity index (χ0) is 10.1. The number of carbonyl (C=O) groups excluding carboxylic acids is 1. The summed E-state index contributed by atoms with van der Waals surface area (Å²) in [6.45, 7) is 10.7. The van der Waals surface area contributed by atoms with Gasteiger partial charge in [0.1, 0.15) is 0 Å². The zero-order valence-corrected chi connectivity index (χ0v) is 8.44. The second-order valence-electron chi connectivity index (χ2n) is 2.37.